The lowest BCUT2D eigenvalue weighted by Gasteiger charge is -2.21. The van der Waals surface area contributed by atoms with E-state index in [0.717, 1.165) is 23.3 Å². The van der Waals surface area contributed by atoms with Crippen LogP contribution < -0.4 is 21.3 Å². The second-order valence-corrected chi connectivity index (χ2v) is 11.3. The highest BCUT2D eigenvalue weighted by Gasteiger charge is 2.26. The fourth-order valence-electron chi connectivity index (χ4n) is 3.42. The molecule has 244 valence electrons. The molecule has 0 bridgehead atoms. The van der Waals surface area contributed by atoms with Crippen molar-refractivity contribution in [3.05, 3.63) is 47.4 Å². The second kappa shape index (κ2) is 19.7. The average molecular weight is 641 g/mol. The van der Waals surface area contributed by atoms with Gasteiger partial charge in [-0.05, 0) is 32.8 Å². The number of amides is 4. The fourth-order valence-corrected chi connectivity index (χ4v) is 3.90. The highest BCUT2D eigenvalue weighted by atomic mass is 32.2. The van der Waals surface area contributed by atoms with Gasteiger partial charge in [0.15, 0.2) is 9.84 Å². The number of benzene rings is 1. The fraction of sp³-hybridized carbons (Fsp3) is 0.500. The molecule has 1 rings (SSSR count). The molecule has 0 aliphatic rings. The largest absolute Gasteiger partial charge is 0.466 e. The SMILES string of the molecule is CCOC(=O)CCC(NC(=O)C(C)NC(=O)OCc1ccccc1)C(=O)NCC(=O)NC(C=CS(C)(=O)=O)CC(=O)OCC. The van der Waals surface area contributed by atoms with Gasteiger partial charge < -0.3 is 35.5 Å². The Morgan fingerprint density at radius 3 is 2.11 bits per heavy atom. The molecule has 44 heavy (non-hydrogen) atoms. The smallest absolute Gasteiger partial charge is 0.408 e. The first-order chi connectivity index (χ1) is 20.7. The molecule has 0 aliphatic heterocycles. The third kappa shape index (κ3) is 16.8. The van der Waals surface area contributed by atoms with E-state index in [0.29, 0.717) is 0 Å². The van der Waals surface area contributed by atoms with Crippen LogP contribution >= 0.6 is 0 Å². The molecule has 0 heterocycles. The number of sulfone groups is 1. The van der Waals surface area contributed by atoms with Crippen molar-refractivity contribution in [3.63, 3.8) is 0 Å². The van der Waals surface area contributed by atoms with Gasteiger partial charge in [-0.2, -0.15) is 0 Å². The monoisotopic (exact) mass is 640 g/mol. The summed E-state index contributed by atoms with van der Waals surface area (Å²) >= 11 is 0. The molecule has 3 atom stereocenters. The summed E-state index contributed by atoms with van der Waals surface area (Å²) in [4.78, 5) is 74.1. The van der Waals surface area contributed by atoms with Crippen LogP contribution in [-0.4, -0.2) is 88.3 Å². The average Bonchev–Trinajstić information content (AvgIpc) is 2.96. The number of hydrogen-bond acceptors (Lipinski definition) is 11. The minimum absolute atomic E-state index is 0.0294. The van der Waals surface area contributed by atoms with Crippen LogP contribution in [0.3, 0.4) is 0 Å². The summed E-state index contributed by atoms with van der Waals surface area (Å²) in [5.41, 5.74) is 0.734. The van der Waals surface area contributed by atoms with Crippen LogP contribution in [0.5, 0.6) is 0 Å². The van der Waals surface area contributed by atoms with Crippen molar-refractivity contribution in [2.75, 3.05) is 26.0 Å². The highest BCUT2D eigenvalue weighted by molar-refractivity contribution is 7.93. The Morgan fingerprint density at radius 2 is 1.50 bits per heavy atom. The molecule has 0 aromatic heterocycles. The molecule has 1 aromatic carbocycles. The van der Waals surface area contributed by atoms with Crippen molar-refractivity contribution in [2.45, 2.75) is 64.8 Å². The number of alkyl carbamates (subject to hydrolysis) is 1. The number of rotatable bonds is 18. The predicted molar refractivity (Wildman–Crippen MR) is 157 cm³/mol. The van der Waals surface area contributed by atoms with E-state index in [2.05, 4.69) is 21.3 Å². The van der Waals surface area contributed by atoms with Crippen molar-refractivity contribution in [3.8, 4) is 0 Å². The first kappa shape index (κ1) is 37.6. The summed E-state index contributed by atoms with van der Waals surface area (Å²) in [5.74, 6) is -3.68. The number of nitrogens with one attached hydrogen (secondary N) is 4. The van der Waals surface area contributed by atoms with Crippen LogP contribution in [0.4, 0.5) is 4.79 Å². The summed E-state index contributed by atoms with van der Waals surface area (Å²) in [6.07, 6.45) is 0.373. The second-order valence-electron chi connectivity index (χ2n) is 9.39. The summed E-state index contributed by atoms with van der Waals surface area (Å²) in [5, 5.41) is 10.4. The van der Waals surface area contributed by atoms with Crippen LogP contribution in [0.2, 0.25) is 0 Å². The quantitative estimate of drug-likeness (QED) is 0.126. The number of esters is 2. The summed E-state index contributed by atoms with van der Waals surface area (Å²) in [6, 6.07) is 5.37. The van der Waals surface area contributed by atoms with E-state index in [1.54, 1.807) is 44.2 Å². The number of carbonyl (C=O) groups is 6. The van der Waals surface area contributed by atoms with Crippen molar-refractivity contribution >= 4 is 45.6 Å². The van der Waals surface area contributed by atoms with Gasteiger partial charge in [0.05, 0.1) is 32.2 Å². The Morgan fingerprint density at radius 1 is 0.864 bits per heavy atom. The van der Waals surface area contributed by atoms with E-state index < -0.39 is 70.3 Å². The Labute approximate surface area is 256 Å². The van der Waals surface area contributed by atoms with Crippen LogP contribution in [0.25, 0.3) is 0 Å². The Balaban J connectivity index is 2.82. The molecule has 0 aliphatic carbocycles. The molecule has 4 N–H and O–H groups in total. The molecular formula is C28H40N4O11S. The van der Waals surface area contributed by atoms with Crippen molar-refractivity contribution < 1.29 is 51.4 Å². The van der Waals surface area contributed by atoms with Gasteiger partial charge in [0.25, 0.3) is 0 Å². The van der Waals surface area contributed by atoms with Gasteiger partial charge in [0.2, 0.25) is 17.7 Å². The molecule has 3 unspecified atom stereocenters. The molecule has 4 amide bonds. The van der Waals surface area contributed by atoms with Gasteiger partial charge in [-0.15, -0.1) is 0 Å². The first-order valence-electron chi connectivity index (χ1n) is 13.8. The lowest BCUT2D eigenvalue weighted by molar-refractivity contribution is -0.144. The summed E-state index contributed by atoms with van der Waals surface area (Å²) in [7, 11) is -3.57. The van der Waals surface area contributed by atoms with E-state index in [1.165, 1.54) is 6.92 Å². The standard InChI is InChI=1S/C28H40N4O11S/c1-5-41-24(34)13-12-22(32-26(36)19(3)30-28(38)43-18-20-10-8-7-9-11-20)27(37)29-17-23(33)31-21(14-15-44(4,39)40)16-25(35)42-6-2/h7-11,14-15,19,21-22H,5-6,12-13,16-18H2,1-4H3,(H,29,37)(H,30,38)(H,31,33)(H,32,36). The van der Waals surface area contributed by atoms with Gasteiger partial charge in [0.1, 0.15) is 18.7 Å². The van der Waals surface area contributed by atoms with E-state index in [-0.39, 0.29) is 39.1 Å². The first-order valence-corrected chi connectivity index (χ1v) is 15.7. The number of ether oxygens (including phenoxy) is 3. The summed E-state index contributed by atoms with van der Waals surface area (Å²) in [6.45, 7) is 4.09. The van der Waals surface area contributed by atoms with Gasteiger partial charge in [-0.25, -0.2) is 13.2 Å². The molecule has 16 heteroatoms. The van der Waals surface area contributed by atoms with E-state index >= 15 is 0 Å². The number of carbonyl (C=O) groups excluding carboxylic acids is 6. The Bertz CT molecular complexity index is 1270. The van der Waals surface area contributed by atoms with Gasteiger partial charge in [-0.1, -0.05) is 36.4 Å². The molecule has 0 saturated carbocycles. The van der Waals surface area contributed by atoms with Crippen LogP contribution in [0.1, 0.15) is 45.6 Å². The maximum absolute atomic E-state index is 12.9. The molecule has 0 fully saturated rings. The predicted octanol–water partition coefficient (Wildman–Crippen LogP) is 0.242. The number of hydrogen-bond donors (Lipinski definition) is 4. The zero-order chi connectivity index (χ0) is 33.1. The molecule has 0 saturated heterocycles. The lowest BCUT2D eigenvalue weighted by Crippen LogP contribution is -2.54. The summed E-state index contributed by atoms with van der Waals surface area (Å²) < 4.78 is 37.8. The molecule has 1 aromatic rings. The third-order valence-corrected chi connectivity index (χ3v) is 6.19. The van der Waals surface area contributed by atoms with Gasteiger partial charge >= 0.3 is 18.0 Å². The zero-order valence-corrected chi connectivity index (χ0v) is 25.9. The zero-order valence-electron chi connectivity index (χ0n) is 25.1. The lowest BCUT2D eigenvalue weighted by atomic mass is 10.1. The Hall–Kier alpha value is -4.47. The normalized spacial score (nSPS) is 13.1. The van der Waals surface area contributed by atoms with Crippen molar-refractivity contribution in [1.82, 2.24) is 21.3 Å². The molecule has 15 nitrogen and oxygen atoms in total. The van der Waals surface area contributed by atoms with Crippen LogP contribution in [-0.2, 0) is 54.6 Å². The van der Waals surface area contributed by atoms with E-state index in [1.807, 2.05) is 0 Å². The van der Waals surface area contributed by atoms with Crippen LogP contribution in [0, 0.1) is 0 Å². The highest BCUT2D eigenvalue weighted by Crippen LogP contribution is 2.04. The van der Waals surface area contributed by atoms with E-state index in [9.17, 15) is 37.2 Å². The molecule has 0 radical (unpaired) electrons. The van der Waals surface area contributed by atoms with Crippen LogP contribution in [0.15, 0.2) is 41.8 Å². The van der Waals surface area contributed by atoms with Crippen molar-refractivity contribution in [1.29, 1.82) is 0 Å². The molecule has 0 spiro atoms. The van der Waals surface area contributed by atoms with Gasteiger partial charge in [-0.3, -0.25) is 24.0 Å². The van der Waals surface area contributed by atoms with Gasteiger partial charge in [0, 0.05) is 18.1 Å². The maximum atomic E-state index is 12.9. The third-order valence-electron chi connectivity index (χ3n) is 5.54. The minimum atomic E-state index is -3.57. The van der Waals surface area contributed by atoms with E-state index in [4.69, 9.17) is 14.2 Å². The topological polar surface area (TPSA) is 212 Å². The maximum Gasteiger partial charge on any atom is 0.408 e. The Kier molecular flexibility index (Phi) is 16.8. The molecular weight excluding hydrogens is 600 g/mol. The van der Waals surface area contributed by atoms with Crippen molar-refractivity contribution in [2.24, 2.45) is 0 Å². The minimum Gasteiger partial charge on any atom is -0.466 e.